The van der Waals surface area contributed by atoms with Gasteiger partial charge >= 0.3 is 0 Å². The molecule has 1 fully saturated rings. The average molecular weight is 533 g/mol. The molecule has 34 heavy (non-hydrogen) atoms. The van der Waals surface area contributed by atoms with Gasteiger partial charge in [0.05, 0.1) is 11.4 Å². The number of thioether (sulfide) groups is 1. The van der Waals surface area contributed by atoms with Gasteiger partial charge in [0.2, 0.25) is 0 Å². The zero-order chi connectivity index (χ0) is 23.5. The fraction of sp³-hybridized carbons (Fsp3) is 0.111. The summed E-state index contributed by atoms with van der Waals surface area (Å²) in [6.45, 7) is 1.17. The zero-order valence-electron chi connectivity index (χ0n) is 18.2. The molecular formula is C27H21BrN2O3S. The van der Waals surface area contributed by atoms with Gasteiger partial charge in [0, 0.05) is 33.7 Å². The Balaban J connectivity index is 1.36. The first-order valence-electron chi connectivity index (χ1n) is 10.8. The molecule has 1 aliphatic rings. The number of halogens is 1. The maximum absolute atomic E-state index is 13.0. The minimum atomic E-state index is -0.281. The third kappa shape index (κ3) is 4.81. The number of hydrogen-bond donors (Lipinski definition) is 0. The lowest BCUT2D eigenvalue weighted by Crippen LogP contribution is -2.32. The third-order valence-corrected chi connectivity index (χ3v) is 7.01. The van der Waals surface area contributed by atoms with Crippen LogP contribution in [0.4, 0.5) is 4.79 Å². The van der Waals surface area contributed by atoms with Crippen molar-refractivity contribution in [1.82, 2.24) is 9.47 Å². The van der Waals surface area contributed by atoms with E-state index in [2.05, 4.69) is 38.7 Å². The topological polar surface area (TPSA) is 51.5 Å². The van der Waals surface area contributed by atoms with E-state index in [9.17, 15) is 9.59 Å². The van der Waals surface area contributed by atoms with E-state index in [1.165, 1.54) is 10.5 Å². The van der Waals surface area contributed by atoms with Crippen molar-refractivity contribution in [3.63, 3.8) is 0 Å². The van der Waals surface area contributed by atoms with Gasteiger partial charge in [-0.25, -0.2) is 0 Å². The number of fused-ring (bicyclic) bond motifs is 1. The van der Waals surface area contributed by atoms with Gasteiger partial charge in [0.1, 0.15) is 12.4 Å². The molecule has 0 aliphatic carbocycles. The van der Waals surface area contributed by atoms with Gasteiger partial charge in [-0.1, -0.05) is 64.5 Å². The van der Waals surface area contributed by atoms with Gasteiger partial charge in [0.25, 0.3) is 11.1 Å². The summed E-state index contributed by atoms with van der Waals surface area (Å²) in [7, 11) is 0. The van der Waals surface area contributed by atoms with Crippen LogP contribution in [0.15, 0.2) is 94.4 Å². The first kappa shape index (κ1) is 22.5. The van der Waals surface area contributed by atoms with Gasteiger partial charge in [-0.05, 0) is 53.7 Å². The monoisotopic (exact) mass is 532 g/mol. The first-order chi connectivity index (χ1) is 16.6. The summed E-state index contributed by atoms with van der Waals surface area (Å²) in [5.41, 5.74) is 3.17. The Kier molecular flexibility index (Phi) is 6.56. The summed E-state index contributed by atoms with van der Waals surface area (Å²) < 4.78 is 8.87. The van der Waals surface area contributed by atoms with E-state index in [0.717, 1.165) is 32.7 Å². The molecule has 2 heterocycles. The number of ether oxygens (including phenoxy) is 1. The highest BCUT2D eigenvalue weighted by Gasteiger charge is 2.35. The molecule has 5 rings (SSSR count). The number of hydrogen-bond acceptors (Lipinski definition) is 4. The lowest BCUT2D eigenvalue weighted by molar-refractivity contribution is -0.123. The lowest BCUT2D eigenvalue weighted by atomic mass is 10.1. The van der Waals surface area contributed by atoms with Crippen molar-refractivity contribution in [2.75, 3.05) is 13.2 Å². The first-order valence-corrected chi connectivity index (χ1v) is 12.4. The summed E-state index contributed by atoms with van der Waals surface area (Å²) in [6, 6.07) is 25.7. The van der Waals surface area contributed by atoms with E-state index in [4.69, 9.17) is 4.74 Å². The van der Waals surface area contributed by atoms with Crippen LogP contribution in [-0.2, 0) is 11.3 Å². The van der Waals surface area contributed by atoms with Crippen LogP contribution in [-0.4, -0.2) is 33.8 Å². The highest BCUT2D eigenvalue weighted by molar-refractivity contribution is 9.10. The van der Waals surface area contributed by atoms with Crippen molar-refractivity contribution >= 4 is 55.8 Å². The van der Waals surface area contributed by atoms with Gasteiger partial charge < -0.3 is 9.30 Å². The maximum atomic E-state index is 13.0. The van der Waals surface area contributed by atoms with Crippen LogP contribution in [0.3, 0.4) is 0 Å². The second-order valence-electron chi connectivity index (χ2n) is 7.85. The molecule has 4 aromatic rings. The highest BCUT2D eigenvalue weighted by Crippen LogP contribution is 2.34. The van der Waals surface area contributed by atoms with Gasteiger partial charge in [-0.3, -0.25) is 14.5 Å². The van der Waals surface area contributed by atoms with Crippen molar-refractivity contribution in [3.8, 4) is 5.75 Å². The number of carbonyl (C=O) groups excluding carboxylic acids is 2. The van der Waals surface area contributed by atoms with Crippen molar-refractivity contribution in [2.24, 2.45) is 0 Å². The van der Waals surface area contributed by atoms with E-state index < -0.39 is 0 Å². The third-order valence-electron chi connectivity index (χ3n) is 5.57. The van der Waals surface area contributed by atoms with Crippen molar-refractivity contribution in [2.45, 2.75) is 6.54 Å². The van der Waals surface area contributed by atoms with E-state index >= 15 is 0 Å². The minimum Gasteiger partial charge on any atom is -0.492 e. The van der Waals surface area contributed by atoms with Crippen LogP contribution in [0.2, 0.25) is 0 Å². The van der Waals surface area contributed by atoms with Gasteiger partial charge in [-0.2, -0.15) is 0 Å². The van der Waals surface area contributed by atoms with Crippen LogP contribution in [0, 0.1) is 0 Å². The number of amides is 2. The van der Waals surface area contributed by atoms with Crippen LogP contribution in [0.5, 0.6) is 5.75 Å². The quantitative estimate of drug-likeness (QED) is 0.252. The fourth-order valence-electron chi connectivity index (χ4n) is 3.91. The zero-order valence-corrected chi connectivity index (χ0v) is 20.6. The van der Waals surface area contributed by atoms with Gasteiger partial charge in [-0.15, -0.1) is 0 Å². The molecular weight excluding hydrogens is 512 g/mol. The standard InChI is InChI=1S/C27H21BrN2O3S/c28-21-12-10-19(11-13-21)17-29-18-20(23-8-4-5-9-24(23)29)16-25-26(31)30(27(32)34-25)14-15-33-22-6-2-1-3-7-22/h1-13,16,18H,14-15,17H2/b25-16-. The van der Waals surface area contributed by atoms with E-state index in [1.54, 1.807) is 0 Å². The Labute approximate surface area is 210 Å². The molecule has 3 aromatic carbocycles. The van der Waals surface area contributed by atoms with Crippen molar-refractivity contribution in [3.05, 3.63) is 106 Å². The highest BCUT2D eigenvalue weighted by atomic mass is 79.9. The molecule has 5 nitrogen and oxygen atoms in total. The molecule has 0 unspecified atom stereocenters. The van der Waals surface area contributed by atoms with E-state index in [-0.39, 0.29) is 24.3 Å². The molecule has 170 valence electrons. The predicted octanol–water partition coefficient (Wildman–Crippen LogP) is 6.57. The number of imide groups is 1. The summed E-state index contributed by atoms with van der Waals surface area (Å²) >= 11 is 4.45. The summed E-state index contributed by atoms with van der Waals surface area (Å²) in [4.78, 5) is 27.2. The number of aromatic nitrogens is 1. The normalized spacial score (nSPS) is 15.0. The molecule has 0 saturated carbocycles. The van der Waals surface area contributed by atoms with Crippen LogP contribution < -0.4 is 4.74 Å². The average Bonchev–Trinajstić information content (AvgIpc) is 3.33. The van der Waals surface area contributed by atoms with E-state index in [1.807, 2.05) is 72.9 Å². The molecule has 1 aliphatic heterocycles. The Morgan fingerprint density at radius 3 is 2.44 bits per heavy atom. The molecule has 1 saturated heterocycles. The summed E-state index contributed by atoms with van der Waals surface area (Å²) in [5.74, 6) is 0.431. The van der Waals surface area contributed by atoms with E-state index in [0.29, 0.717) is 17.2 Å². The largest absolute Gasteiger partial charge is 0.492 e. The summed E-state index contributed by atoms with van der Waals surface area (Å²) in [6.07, 6.45) is 3.86. The second-order valence-corrected chi connectivity index (χ2v) is 9.76. The molecule has 0 N–H and O–H groups in total. The number of carbonyl (C=O) groups is 2. The Bertz CT molecular complexity index is 1380. The molecule has 1 aromatic heterocycles. The predicted molar refractivity (Wildman–Crippen MR) is 140 cm³/mol. The van der Waals surface area contributed by atoms with Crippen LogP contribution in [0.1, 0.15) is 11.1 Å². The summed E-state index contributed by atoms with van der Waals surface area (Å²) in [5, 5.41) is 0.769. The lowest BCUT2D eigenvalue weighted by Gasteiger charge is -2.13. The second kappa shape index (κ2) is 9.91. The number of rotatable bonds is 7. The number of benzene rings is 3. The number of para-hydroxylation sites is 2. The molecule has 7 heteroatoms. The number of nitrogens with zero attached hydrogens (tertiary/aromatic N) is 2. The molecule has 0 bridgehead atoms. The molecule has 0 radical (unpaired) electrons. The Morgan fingerprint density at radius 1 is 0.912 bits per heavy atom. The smallest absolute Gasteiger partial charge is 0.293 e. The van der Waals surface area contributed by atoms with Crippen LogP contribution >= 0.6 is 27.7 Å². The minimum absolute atomic E-state index is 0.211. The molecule has 0 atom stereocenters. The Hall–Kier alpha value is -3.29. The maximum Gasteiger partial charge on any atom is 0.293 e. The molecule has 0 spiro atoms. The van der Waals surface area contributed by atoms with Crippen molar-refractivity contribution < 1.29 is 14.3 Å². The van der Waals surface area contributed by atoms with Gasteiger partial charge in [0.15, 0.2) is 0 Å². The Morgan fingerprint density at radius 2 is 1.65 bits per heavy atom. The molecule has 2 amide bonds. The fourth-order valence-corrected chi connectivity index (χ4v) is 5.03. The van der Waals surface area contributed by atoms with Crippen molar-refractivity contribution in [1.29, 1.82) is 0 Å². The SMILES string of the molecule is O=C1S/C(=C\c2cn(Cc3ccc(Br)cc3)c3ccccc23)C(=O)N1CCOc1ccccc1. The van der Waals surface area contributed by atoms with Crippen LogP contribution in [0.25, 0.3) is 17.0 Å².